The molecular weight excluding hydrogens is 495 g/mol. The van der Waals surface area contributed by atoms with E-state index in [4.69, 9.17) is 4.74 Å². The van der Waals surface area contributed by atoms with E-state index in [9.17, 15) is 5.11 Å². The molecule has 168 valence electrons. The molecule has 9 heteroatoms. The third kappa shape index (κ3) is 7.44. The number of hydrogen-bond donors (Lipinski definition) is 3. The monoisotopic (exact) mass is 530 g/mol. The highest BCUT2D eigenvalue weighted by atomic mass is 127. The van der Waals surface area contributed by atoms with Crippen LogP contribution in [-0.4, -0.2) is 66.6 Å². The lowest BCUT2D eigenvalue weighted by molar-refractivity contribution is 0.0671. The molecule has 2 aromatic rings. The molecule has 0 bridgehead atoms. The second kappa shape index (κ2) is 12.1. The molecule has 8 nitrogen and oxygen atoms in total. The van der Waals surface area contributed by atoms with Crippen LogP contribution in [0.15, 0.2) is 41.7 Å². The molecule has 1 aromatic heterocycles. The van der Waals surface area contributed by atoms with Gasteiger partial charge in [0, 0.05) is 31.9 Å². The minimum atomic E-state index is -1.09. The molecule has 0 fully saturated rings. The number of aromatic nitrogens is 2. The average Bonchev–Trinajstić information content (AvgIpc) is 3.14. The number of nitrogens with one attached hydrogen (secondary N) is 2. The molecule has 0 saturated heterocycles. The van der Waals surface area contributed by atoms with Gasteiger partial charge in [0.1, 0.15) is 11.4 Å². The first-order valence-electron chi connectivity index (χ1n) is 9.81. The van der Waals surface area contributed by atoms with Gasteiger partial charge in [-0.1, -0.05) is 12.1 Å². The van der Waals surface area contributed by atoms with E-state index in [1.807, 2.05) is 46.4 Å². The van der Waals surface area contributed by atoms with Gasteiger partial charge in [-0.25, -0.2) is 4.99 Å². The standard InChI is InChI=1S/C21H34N6O2.HI/c1-7-22-20(24-15-21(2,28)17-12-25-27(5)14-17)23-13-19(26(3)4)16-8-10-18(29-6)11-9-16;/h8-12,14,19,28H,7,13,15H2,1-6H3,(H2,22,23,24);1H. The molecule has 0 spiro atoms. The Hall–Kier alpha value is -1.85. The van der Waals surface area contributed by atoms with Gasteiger partial charge in [0.15, 0.2) is 5.96 Å². The van der Waals surface area contributed by atoms with Crippen molar-refractivity contribution in [3.05, 3.63) is 47.8 Å². The topological polar surface area (TPSA) is 86.9 Å². The number of hydrogen-bond acceptors (Lipinski definition) is 5. The average molecular weight is 530 g/mol. The molecule has 1 heterocycles. The van der Waals surface area contributed by atoms with Crippen molar-refractivity contribution in [3.8, 4) is 5.75 Å². The molecule has 0 aliphatic carbocycles. The van der Waals surface area contributed by atoms with Crippen molar-refractivity contribution in [3.63, 3.8) is 0 Å². The fraction of sp³-hybridized carbons (Fsp3) is 0.524. The van der Waals surface area contributed by atoms with Crippen LogP contribution in [0.5, 0.6) is 5.75 Å². The first kappa shape index (κ1) is 26.2. The number of ether oxygens (including phenoxy) is 1. The number of guanidine groups is 1. The third-order valence-corrected chi connectivity index (χ3v) is 4.80. The van der Waals surface area contributed by atoms with Gasteiger partial charge in [-0.3, -0.25) is 4.68 Å². The molecule has 1 aromatic carbocycles. The van der Waals surface area contributed by atoms with E-state index in [0.29, 0.717) is 12.5 Å². The summed E-state index contributed by atoms with van der Waals surface area (Å²) in [5.74, 6) is 1.50. The Morgan fingerprint density at radius 1 is 1.30 bits per heavy atom. The Morgan fingerprint density at radius 2 is 1.97 bits per heavy atom. The SMILES string of the molecule is CCNC(=NCC(C)(O)c1cnn(C)c1)NCC(c1ccc(OC)cc1)N(C)C.I. The summed E-state index contributed by atoms with van der Waals surface area (Å²) in [6.45, 7) is 5.39. The van der Waals surface area contributed by atoms with Crippen LogP contribution < -0.4 is 15.4 Å². The predicted octanol–water partition coefficient (Wildman–Crippen LogP) is 2.11. The molecule has 0 aliphatic rings. The number of aliphatic hydroxyl groups is 1. The van der Waals surface area contributed by atoms with Crippen molar-refractivity contribution >= 4 is 29.9 Å². The van der Waals surface area contributed by atoms with E-state index < -0.39 is 5.60 Å². The maximum atomic E-state index is 10.8. The van der Waals surface area contributed by atoms with Gasteiger partial charge < -0.3 is 25.4 Å². The smallest absolute Gasteiger partial charge is 0.191 e. The summed E-state index contributed by atoms with van der Waals surface area (Å²) in [7, 11) is 7.59. The van der Waals surface area contributed by atoms with E-state index >= 15 is 0 Å². The first-order chi connectivity index (χ1) is 13.8. The highest BCUT2D eigenvalue weighted by Crippen LogP contribution is 2.21. The number of likely N-dealkylation sites (N-methyl/N-ethyl adjacent to an activating group) is 1. The molecule has 0 amide bonds. The van der Waals surface area contributed by atoms with Crippen molar-refractivity contribution < 1.29 is 9.84 Å². The zero-order valence-corrected chi connectivity index (χ0v) is 21.0. The number of aliphatic imine (C=N–C) groups is 1. The molecule has 0 saturated carbocycles. The van der Waals surface area contributed by atoms with Crippen molar-refractivity contribution in [1.29, 1.82) is 0 Å². The zero-order chi connectivity index (χ0) is 21.4. The second-order valence-corrected chi connectivity index (χ2v) is 7.51. The van der Waals surface area contributed by atoms with Crippen LogP contribution in [0.25, 0.3) is 0 Å². The van der Waals surface area contributed by atoms with Gasteiger partial charge in [-0.15, -0.1) is 24.0 Å². The van der Waals surface area contributed by atoms with Crippen molar-refractivity contribution in [2.24, 2.45) is 12.0 Å². The number of nitrogens with zero attached hydrogens (tertiary/aromatic N) is 4. The van der Waals surface area contributed by atoms with Gasteiger partial charge in [0.2, 0.25) is 0 Å². The highest BCUT2D eigenvalue weighted by Gasteiger charge is 2.24. The number of benzene rings is 1. The molecule has 0 radical (unpaired) electrons. The van der Waals surface area contributed by atoms with Gasteiger partial charge in [0.25, 0.3) is 0 Å². The quantitative estimate of drug-likeness (QED) is 0.262. The Morgan fingerprint density at radius 3 is 2.47 bits per heavy atom. The van der Waals surface area contributed by atoms with E-state index in [1.165, 1.54) is 5.56 Å². The van der Waals surface area contributed by atoms with Crippen molar-refractivity contribution in [2.45, 2.75) is 25.5 Å². The Balaban J connectivity index is 0.00000450. The van der Waals surface area contributed by atoms with Gasteiger partial charge in [0.05, 0.1) is 25.9 Å². The normalized spacial score (nSPS) is 14.6. The zero-order valence-electron chi connectivity index (χ0n) is 18.7. The summed E-state index contributed by atoms with van der Waals surface area (Å²) in [5, 5.41) is 21.5. The highest BCUT2D eigenvalue weighted by molar-refractivity contribution is 14.0. The fourth-order valence-corrected chi connectivity index (χ4v) is 2.98. The number of methoxy groups -OCH3 is 1. The lowest BCUT2D eigenvalue weighted by Crippen LogP contribution is -2.42. The van der Waals surface area contributed by atoms with Crippen LogP contribution in [0.3, 0.4) is 0 Å². The summed E-state index contributed by atoms with van der Waals surface area (Å²) in [6, 6.07) is 8.24. The van der Waals surface area contributed by atoms with Gasteiger partial charge in [-0.05, 0) is 45.6 Å². The van der Waals surface area contributed by atoms with Crippen LogP contribution in [0.1, 0.15) is 31.0 Å². The van der Waals surface area contributed by atoms with Gasteiger partial charge >= 0.3 is 0 Å². The van der Waals surface area contributed by atoms with E-state index in [-0.39, 0.29) is 36.6 Å². The summed E-state index contributed by atoms with van der Waals surface area (Å²) >= 11 is 0. The second-order valence-electron chi connectivity index (χ2n) is 7.51. The minimum Gasteiger partial charge on any atom is -0.497 e. The molecule has 2 unspecified atom stereocenters. The predicted molar refractivity (Wildman–Crippen MR) is 132 cm³/mol. The Bertz CT molecular complexity index is 789. The fourth-order valence-electron chi connectivity index (χ4n) is 2.98. The number of halogens is 1. The summed E-state index contributed by atoms with van der Waals surface area (Å²) in [4.78, 5) is 6.75. The lowest BCUT2D eigenvalue weighted by atomic mass is 10.0. The van der Waals surface area contributed by atoms with E-state index in [1.54, 1.807) is 24.9 Å². The summed E-state index contributed by atoms with van der Waals surface area (Å²) < 4.78 is 6.93. The first-order valence-corrected chi connectivity index (χ1v) is 9.81. The Kier molecular flexibility index (Phi) is 10.6. The number of aryl methyl sites for hydroxylation is 1. The van der Waals surface area contributed by atoms with Crippen molar-refractivity contribution in [1.82, 2.24) is 25.3 Å². The maximum absolute atomic E-state index is 10.8. The van der Waals surface area contributed by atoms with Gasteiger partial charge in [-0.2, -0.15) is 5.10 Å². The van der Waals surface area contributed by atoms with Crippen molar-refractivity contribution in [2.75, 3.05) is 40.8 Å². The number of rotatable bonds is 9. The molecular formula is C21H35IN6O2. The Labute approximate surface area is 196 Å². The maximum Gasteiger partial charge on any atom is 0.191 e. The molecule has 2 rings (SSSR count). The van der Waals surface area contributed by atoms with Crippen LogP contribution in [0.4, 0.5) is 0 Å². The molecule has 0 aliphatic heterocycles. The van der Waals surface area contributed by atoms with Crippen LogP contribution in [0.2, 0.25) is 0 Å². The summed E-state index contributed by atoms with van der Waals surface area (Å²) in [6.07, 6.45) is 3.48. The molecule has 2 atom stereocenters. The minimum absolute atomic E-state index is 0. The van der Waals surface area contributed by atoms with Crippen LogP contribution >= 0.6 is 24.0 Å². The summed E-state index contributed by atoms with van der Waals surface area (Å²) in [5.41, 5.74) is 0.832. The largest absolute Gasteiger partial charge is 0.497 e. The van der Waals surface area contributed by atoms with Crippen LogP contribution in [-0.2, 0) is 12.6 Å². The van der Waals surface area contributed by atoms with E-state index in [0.717, 1.165) is 17.9 Å². The molecule has 30 heavy (non-hydrogen) atoms. The van der Waals surface area contributed by atoms with E-state index in [2.05, 4.69) is 37.8 Å². The molecule has 3 N–H and O–H groups in total. The lowest BCUT2D eigenvalue weighted by Gasteiger charge is -2.26. The van der Waals surface area contributed by atoms with Crippen LogP contribution in [0, 0.1) is 0 Å². The third-order valence-electron chi connectivity index (χ3n) is 4.80.